The van der Waals surface area contributed by atoms with Crippen LogP contribution in [0.5, 0.6) is 0 Å². The normalized spacial score (nSPS) is 15.7. The smallest absolute Gasteiger partial charge is 0.336 e. The van der Waals surface area contributed by atoms with Gasteiger partial charge in [0.25, 0.3) is 5.91 Å². The molecule has 3 aromatic rings. The first-order valence-electron chi connectivity index (χ1n) is 12.0. The lowest BCUT2D eigenvalue weighted by Crippen LogP contribution is -2.38. The Balaban J connectivity index is 1.55. The second-order valence-corrected chi connectivity index (χ2v) is 8.77. The zero-order valence-corrected chi connectivity index (χ0v) is 20.7. The van der Waals surface area contributed by atoms with Crippen molar-refractivity contribution in [3.8, 4) is 0 Å². The summed E-state index contributed by atoms with van der Waals surface area (Å²) in [6, 6.07) is 18.5. The summed E-state index contributed by atoms with van der Waals surface area (Å²) >= 11 is 0. The second-order valence-electron chi connectivity index (χ2n) is 8.77. The molecule has 1 aliphatic rings. The Hall–Kier alpha value is -4.13. The first-order valence-corrected chi connectivity index (χ1v) is 12.0. The Kier molecular flexibility index (Phi) is 7.68. The minimum atomic E-state index is -0.399. The van der Waals surface area contributed by atoms with Gasteiger partial charge in [-0.15, -0.1) is 0 Å². The van der Waals surface area contributed by atoms with Gasteiger partial charge in [0.15, 0.2) is 0 Å². The number of benzene rings is 2. The number of ether oxygens (including phenoxy) is 1. The van der Waals surface area contributed by atoms with Crippen molar-refractivity contribution in [2.24, 2.45) is 0 Å². The zero-order valence-electron chi connectivity index (χ0n) is 20.7. The first kappa shape index (κ1) is 25.0. The van der Waals surface area contributed by atoms with Crippen molar-refractivity contribution in [3.05, 3.63) is 106 Å². The minimum absolute atomic E-state index is 0.0610. The summed E-state index contributed by atoms with van der Waals surface area (Å²) in [5, 5.41) is 2.82. The van der Waals surface area contributed by atoms with E-state index in [0.29, 0.717) is 35.7 Å². The fourth-order valence-corrected chi connectivity index (χ4v) is 4.55. The molecule has 1 aliphatic heterocycles. The Bertz CT molecular complexity index is 1280. The predicted octanol–water partition coefficient (Wildman–Crippen LogP) is 4.87. The summed E-state index contributed by atoms with van der Waals surface area (Å²) in [4.78, 5) is 40.4. The molecule has 0 saturated heterocycles. The highest BCUT2D eigenvalue weighted by Crippen LogP contribution is 2.38. The molecule has 0 bridgehead atoms. The number of nitrogens with zero attached hydrogens (tertiary/aromatic N) is 1. The van der Waals surface area contributed by atoms with Crippen molar-refractivity contribution in [1.82, 2.24) is 10.2 Å². The second kappa shape index (κ2) is 11.1. The van der Waals surface area contributed by atoms with Crippen LogP contribution < -0.4 is 5.32 Å². The van der Waals surface area contributed by atoms with Gasteiger partial charge in [0.05, 0.1) is 31.5 Å². The van der Waals surface area contributed by atoms with Crippen LogP contribution in [0, 0.1) is 6.92 Å². The summed E-state index contributed by atoms with van der Waals surface area (Å²) in [5.74, 6) is -0.353. The Labute approximate surface area is 210 Å². The first-order chi connectivity index (χ1) is 17.4. The van der Waals surface area contributed by atoms with Gasteiger partial charge in [0.2, 0.25) is 5.91 Å². The number of hydrogen-bond acceptors (Lipinski definition) is 5. The van der Waals surface area contributed by atoms with Gasteiger partial charge < -0.3 is 19.4 Å². The number of amides is 2. The van der Waals surface area contributed by atoms with Gasteiger partial charge in [-0.25, -0.2) is 4.79 Å². The van der Waals surface area contributed by atoms with Crippen LogP contribution in [-0.2, 0) is 27.4 Å². The molecule has 0 radical (unpaired) electrons. The standard InChI is InChI=1S/C29H30N2O5/c1-4-35-29(34)27-20(3)31(26(32)16-25(27)24-10-6-5-8-19(24)2)18-21-11-13-22(14-12-21)28(33)30-17-23-9-7-15-36-23/h5-15,25H,4,16-18H2,1-3H3,(H,30,33). The van der Waals surface area contributed by atoms with Gasteiger partial charge in [0, 0.05) is 23.6 Å². The summed E-state index contributed by atoms with van der Waals surface area (Å²) in [6.07, 6.45) is 1.74. The van der Waals surface area contributed by atoms with Crippen molar-refractivity contribution in [2.45, 2.75) is 46.2 Å². The summed E-state index contributed by atoms with van der Waals surface area (Å²) < 4.78 is 10.6. The van der Waals surface area contributed by atoms with Gasteiger partial charge in [-0.3, -0.25) is 9.59 Å². The maximum Gasteiger partial charge on any atom is 0.336 e. The third-order valence-corrected chi connectivity index (χ3v) is 6.44. The topological polar surface area (TPSA) is 88.8 Å². The quantitative estimate of drug-likeness (QED) is 0.459. The van der Waals surface area contributed by atoms with E-state index in [-0.39, 0.29) is 30.8 Å². The van der Waals surface area contributed by atoms with Crippen molar-refractivity contribution in [2.75, 3.05) is 6.61 Å². The number of rotatable bonds is 8. The van der Waals surface area contributed by atoms with E-state index in [9.17, 15) is 14.4 Å². The number of aryl methyl sites for hydroxylation is 1. The number of hydrogen-bond donors (Lipinski definition) is 1. The number of esters is 1. The molecule has 0 fully saturated rings. The summed E-state index contributed by atoms with van der Waals surface area (Å²) in [5.41, 5.74) is 4.45. The molecule has 1 atom stereocenters. The summed E-state index contributed by atoms with van der Waals surface area (Å²) in [7, 11) is 0. The monoisotopic (exact) mass is 486 g/mol. The van der Waals surface area contributed by atoms with Crippen LogP contribution in [0.2, 0.25) is 0 Å². The van der Waals surface area contributed by atoms with Crippen LogP contribution in [0.4, 0.5) is 0 Å². The molecule has 0 aliphatic carbocycles. The molecule has 2 amide bonds. The molecule has 7 nitrogen and oxygen atoms in total. The highest BCUT2D eigenvalue weighted by atomic mass is 16.5. The molecule has 7 heteroatoms. The molecule has 1 unspecified atom stereocenters. The lowest BCUT2D eigenvalue weighted by Gasteiger charge is -2.35. The number of carbonyl (C=O) groups excluding carboxylic acids is 3. The van der Waals surface area contributed by atoms with Crippen LogP contribution in [0.1, 0.15) is 59.0 Å². The Morgan fingerprint density at radius 1 is 1.06 bits per heavy atom. The van der Waals surface area contributed by atoms with E-state index in [2.05, 4.69) is 5.32 Å². The van der Waals surface area contributed by atoms with Crippen molar-refractivity contribution in [1.29, 1.82) is 0 Å². The Morgan fingerprint density at radius 3 is 2.47 bits per heavy atom. The zero-order chi connectivity index (χ0) is 25.7. The molecule has 1 aromatic heterocycles. The van der Waals surface area contributed by atoms with E-state index in [1.165, 1.54) is 0 Å². The van der Waals surface area contributed by atoms with Crippen molar-refractivity contribution >= 4 is 17.8 Å². The van der Waals surface area contributed by atoms with Crippen LogP contribution >= 0.6 is 0 Å². The molecule has 36 heavy (non-hydrogen) atoms. The number of furan rings is 1. The average molecular weight is 487 g/mol. The van der Waals surface area contributed by atoms with Crippen LogP contribution in [-0.4, -0.2) is 29.3 Å². The molecular weight excluding hydrogens is 456 g/mol. The van der Waals surface area contributed by atoms with Gasteiger partial charge >= 0.3 is 5.97 Å². The van der Waals surface area contributed by atoms with E-state index < -0.39 is 5.97 Å². The lowest BCUT2D eigenvalue weighted by atomic mass is 9.81. The molecule has 4 rings (SSSR count). The predicted molar refractivity (Wildman–Crippen MR) is 135 cm³/mol. The van der Waals surface area contributed by atoms with Gasteiger partial charge in [-0.2, -0.15) is 0 Å². The average Bonchev–Trinajstić information content (AvgIpc) is 3.39. The van der Waals surface area contributed by atoms with Crippen LogP contribution in [0.15, 0.2) is 82.6 Å². The largest absolute Gasteiger partial charge is 0.467 e. The lowest BCUT2D eigenvalue weighted by molar-refractivity contribution is -0.140. The van der Waals surface area contributed by atoms with Crippen LogP contribution in [0.3, 0.4) is 0 Å². The molecule has 1 N–H and O–H groups in total. The molecule has 186 valence electrons. The Morgan fingerprint density at radius 2 is 1.81 bits per heavy atom. The maximum absolute atomic E-state index is 13.3. The van der Waals surface area contributed by atoms with Gasteiger partial charge in [-0.1, -0.05) is 36.4 Å². The van der Waals surface area contributed by atoms with E-state index in [4.69, 9.17) is 9.15 Å². The highest BCUT2D eigenvalue weighted by Gasteiger charge is 2.37. The fourth-order valence-electron chi connectivity index (χ4n) is 4.55. The van der Waals surface area contributed by atoms with Crippen LogP contribution in [0.25, 0.3) is 0 Å². The molecule has 2 aromatic carbocycles. The van der Waals surface area contributed by atoms with E-state index in [1.807, 2.05) is 43.3 Å². The van der Waals surface area contributed by atoms with E-state index in [1.54, 1.807) is 49.3 Å². The minimum Gasteiger partial charge on any atom is -0.467 e. The molecular formula is C29H30N2O5. The van der Waals surface area contributed by atoms with E-state index >= 15 is 0 Å². The highest BCUT2D eigenvalue weighted by molar-refractivity contribution is 5.96. The third kappa shape index (κ3) is 5.40. The summed E-state index contributed by atoms with van der Waals surface area (Å²) in [6.45, 7) is 6.41. The molecule has 2 heterocycles. The van der Waals surface area contributed by atoms with Crippen molar-refractivity contribution < 1.29 is 23.5 Å². The fraction of sp³-hybridized carbons (Fsp3) is 0.276. The SMILES string of the molecule is CCOC(=O)C1=C(C)N(Cc2ccc(C(=O)NCc3ccco3)cc2)C(=O)CC1c1ccccc1C. The number of nitrogens with one attached hydrogen (secondary N) is 1. The number of allylic oxidation sites excluding steroid dienone is 1. The maximum atomic E-state index is 13.3. The van der Waals surface area contributed by atoms with Crippen molar-refractivity contribution in [3.63, 3.8) is 0 Å². The molecule has 0 saturated carbocycles. The van der Waals surface area contributed by atoms with E-state index in [0.717, 1.165) is 16.7 Å². The van der Waals surface area contributed by atoms with Gasteiger partial charge in [0.1, 0.15) is 5.76 Å². The molecule has 0 spiro atoms. The number of carbonyl (C=O) groups is 3. The third-order valence-electron chi connectivity index (χ3n) is 6.44. The van der Waals surface area contributed by atoms with Gasteiger partial charge in [-0.05, 0) is 61.7 Å².